The van der Waals surface area contributed by atoms with Crippen molar-refractivity contribution in [1.82, 2.24) is 0 Å². The standard InChI is InChI=1S/C23H18O/c1-15(24)14-23-19-11-5-2-8-16(19)22(17-9-3-6-12-20(17)23)18-10-4-7-13-21(18)23/h2-13,22H,14H2,1H3. The predicted octanol–water partition coefficient (Wildman–Crippen LogP) is 4.81. The molecule has 1 heteroatoms. The molecule has 0 saturated carbocycles. The van der Waals surface area contributed by atoms with Crippen molar-refractivity contribution in [2.45, 2.75) is 24.7 Å². The third kappa shape index (κ3) is 1.52. The summed E-state index contributed by atoms with van der Waals surface area (Å²) in [5.41, 5.74) is 7.65. The van der Waals surface area contributed by atoms with Crippen LogP contribution in [0, 0.1) is 0 Å². The van der Waals surface area contributed by atoms with Gasteiger partial charge in [0.1, 0.15) is 5.78 Å². The number of Topliss-reactive ketones (excluding diaryl/α,β-unsaturated/α-hetero) is 1. The number of rotatable bonds is 2. The van der Waals surface area contributed by atoms with Crippen LogP contribution >= 0.6 is 0 Å². The van der Waals surface area contributed by atoms with Crippen LogP contribution in [0.5, 0.6) is 0 Å². The van der Waals surface area contributed by atoms with Crippen molar-refractivity contribution in [3.05, 3.63) is 106 Å². The SMILES string of the molecule is CC(=O)CC12c3ccccc3C(c3ccccc31)c1ccccc12. The molecule has 1 nitrogen and oxygen atoms in total. The van der Waals surface area contributed by atoms with E-state index in [-0.39, 0.29) is 17.1 Å². The molecule has 0 aliphatic heterocycles. The van der Waals surface area contributed by atoms with Gasteiger partial charge >= 0.3 is 0 Å². The molecule has 0 fully saturated rings. The molecule has 0 spiro atoms. The van der Waals surface area contributed by atoms with Crippen molar-refractivity contribution >= 4 is 5.78 Å². The number of hydrogen-bond acceptors (Lipinski definition) is 1. The first-order valence-corrected chi connectivity index (χ1v) is 8.51. The third-order valence-electron chi connectivity index (χ3n) is 5.71. The second-order valence-electron chi connectivity index (χ2n) is 6.98. The molecule has 0 amide bonds. The Morgan fingerprint density at radius 2 is 1.12 bits per heavy atom. The molecule has 24 heavy (non-hydrogen) atoms. The lowest BCUT2D eigenvalue weighted by Gasteiger charge is -2.50. The highest BCUT2D eigenvalue weighted by molar-refractivity contribution is 5.83. The largest absolute Gasteiger partial charge is 0.300 e. The molecule has 116 valence electrons. The summed E-state index contributed by atoms with van der Waals surface area (Å²) in [7, 11) is 0. The highest BCUT2D eigenvalue weighted by atomic mass is 16.1. The van der Waals surface area contributed by atoms with Crippen molar-refractivity contribution in [3.8, 4) is 0 Å². The maximum absolute atomic E-state index is 12.3. The zero-order valence-electron chi connectivity index (χ0n) is 13.6. The number of ketones is 1. The molecule has 2 bridgehead atoms. The molecule has 3 aromatic carbocycles. The van der Waals surface area contributed by atoms with E-state index < -0.39 is 0 Å². The van der Waals surface area contributed by atoms with Gasteiger partial charge in [0.15, 0.2) is 0 Å². The second kappa shape index (κ2) is 4.67. The van der Waals surface area contributed by atoms with Crippen LogP contribution in [-0.2, 0) is 10.2 Å². The zero-order valence-corrected chi connectivity index (χ0v) is 13.6. The van der Waals surface area contributed by atoms with E-state index in [1.807, 2.05) is 0 Å². The van der Waals surface area contributed by atoms with Gasteiger partial charge in [0, 0.05) is 12.3 Å². The van der Waals surface area contributed by atoms with E-state index in [1.165, 1.54) is 33.4 Å². The van der Waals surface area contributed by atoms with Gasteiger partial charge in [0.25, 0.3) is 0 Å². The Morgan fingerprint density at radius 1 is 0.750 bits per heavy atom. The van der Waals surface area contributed by atoms with Gasteiger partial charge in [-0.1, -0.05) is 72.8 Å². The normalized spacial score (nSPS) is 22.5. The first-order chi connectivity index (χ1) is 11.7. The second-order valence-corrected chi connectivity index (χ2v) is 6.98. The Morgan fingerprint density at radius 3 is 1.50 bits per heavy atom. The lowest BCUT2D eigenvalue weighted by atomic mass is 9.51. The monoisotopic (exact) mass is 310 g/mol. The maximum Gasteiger partial charge on any atom is 0.131 e. The van der Waals surface area contributed by atoms with Gasteiger partial charge in [-0.2, -0.15) is 0 Å². The van der Waals surface area contributed by atoms with E-state index in [2.05, 4.69) is 72.8 Å². The Hall–Kier alpha value is -2.67. The number of hydrogen-bond donors (Lipinski definition) is 0. The molecule has 0 aromatic heterocycles. The van der Waals surface area contributed by atoms with Crippen LogP contribution in [0.15, 0.2) is 72.8 Å². The third-order valence-corrected chi connectivity index (χ3v) is 5.71. The quantitative estimate of drug-likeness (QED) is 0.664. The summed E-state index contributed by atoms with van der Waals surface area (Å²) in [4.78, 5) is 12.3. The number of carbonyl (C=O) groups excluding carboxylic acids is 1. The van der Waals surface area contributed by atoms with Gasteiger partial charge < -0.3 is 0 Å². The van der Waals surface area contributed by atoms with Crippen molar-refractivity contribution in [1.29, 1.82) is 0 Å². The Bertz CT molecular complexity index is 867. The summed E-state index contributed by atoms with van der Waals surface area (Å²) in [6.07, 6.45) is 0.519. The summed E-state index contributed by atoms with van der Waals surface area (Å²) in [6, 6.07) is 26.0. The van der Waals surface area contributed by atoms with Gasteiger partial charge in [0.05, 0.1) is 5.41 Å². The Labute approximate surface area is 142 Å². The first-order valence-electron chi connectivity index (χ1n) is 8.51. The van der Waals surface area contributed by atoms with Crippen molar-refractivity contribution in [3.63, 3.8) is 0 Å². The van der Waals surface area contributed by atoms with E-state index >= 15 is 0 Å². The summed E-state index contributed by atoms with van der Waals surface area (Å²) in [6.45, 7) is 1.71. The maximum atomic E-state index is 12.3. The van der Waals surface area contributed by atoms with Crippen LogP contribution in [0.25, 0.3) is 0 Å². The zero-order chi connectivity index (χ0) is 16.3. The molecule has 0 saturated heterocycles. The Kier molecular flexibility index (Phi) is 2.67. The molecule has 3 aliphatic carbocycles. The molecular formula is C23H18O. The van der Waals surface area contributed by atoms with Crippen LogP contribution in [0.2, 0.25) is 0 Å². The molecule has 0 atom stereocenters. The minimum atomic E-state index is -0.343. The van der Waals surface area contributed by atoms with Crippen LogP contribution in [0.4, 0.5) is 0 Å². The molecular weight excluding hydrogens is 292 g/mol. The molecule has 0 N–H and O–H groups in total. The van der Waals surface area contributed by atoms with Crippen LogP contribution in [0.3, 0.4) is 0 Å². The minimum Gasteiger partial charge on any atom is -0.300 e. The fourth-order valence-corrected chi connectivity index (χ4v) is 5.01. The molecule has 3 aliphatic rings. The van der Waals surface area contributed by atoms with E-state index in [0.717, 1.165) is 0 Å². The number of benzene rings is 3. The molecule has 6 rings (SSSR count). The van der Waals surface area contributed by atoms with Crippen LogP contribution in [-0.4, -0.2) is 5.78 Å². The molecule has 3 aromatic rings. The van der Waals surface area contributed by atoms with Gasteiger partial charge in [-0.05, 0) is 40.3 Å². The first kappa shape index (κ1) is 13.7. The van der Waals surface area contributed by atoms with E-state index in [0.29, 0.717) is 6.42 Å². The van der Waals surface area contributed by atoms with E-state index in [1.54, 1.807) is 6.92 Å². The topological polar surface area (TPSA) is 17.1 Å². The smallest absolute Gasteiger partial charge is 0.131 e. The average molecular weight is 310 g/mol. The van der Waals surface area contributed by atoms with Gasteiger partial charge in [-0.3, -0.25) is 4.79 Å². The van der Waals surface area contributed by atoms with Gasteiger partial charge in [0.2, 0.25) is 0 Å². The minimum absolute atomic E-state index is 0.231. The van der Waals surface area contributed by atoms with Crippen LogP contribution < -0.4 is 0 Å². The van der Waals surface area contributed by atoms with E-state index in [9.17, 15) is 4.79 Å². The number of carbonyl (C=O) groups is 1. The van der Waals surface area contributed by atoms with E-state index in [4.69, 9.17) is 0 Å². The summed E-state index contributed by atoms with van der Waals surface area (Å²) >= 11 is 0. The fourth-order valence-electron chi connectivity index (χ4n) is 5.01. The summed E-state index contributed by atoms with van der Waals surface area (Å²) in [5, 5.41) is 0. The molecule has 0 radical (unpaired) electrons. The highest BCUT2D eigenvalue weighted by Crippen LogP contribution is 2.60. The predicted molar refractivity (Wildman–Crippen MR) is 95.5 cm³/mol. The average Bonchev–Trinajstić information content (AvgIpc) is 2.62. The highest BCUT2D eigenvalue weighted by Gasteiger charge is 2.51. The van der Waals surface area contributed by atoms with Gasteiger partial charge in [-0.15, -0.1) is 0 Å². The van der Waals surface area contributed by atoms with Crippen molar-refractivity contribution in [2.75, 3.05) is 0 Å². The van der Waals surface area contributed by atoms with Crippen LogP contribution in [0.1, 0.15) is 52.6 Å². The summed E-state index contributed by atoms with van der Waals surface area (Å²) < 4.78 is 0. The van der Waals surface area contributed by atoms with Crippen molar-refractivity contribution in [2.24, 2.45) is 0 Å². The Balaban J connectivity index is 1.98. The molecule has 0 heterocycles. The summed E-state index contributed by atoms with van der Waals surface area (Å²) in [5.74, 6) is 0.511. The lowest BCUT2D eigenvalue weighted by Crippen LogP contribution is -2.43. The van der Waals surface area contributed by atoms with Gasteiger partial charge in [-0.25, -0.2) is 0 Å². The van der Waals surface area contributed by atoms with Crippen molar-refractivity contribution < 1.29 is 4.79 Å². The lowest BCUT2D eigenvalue weighted by molar-refractivity contribution is -0.117. The fraction of sp³-hybridized carbons (Fsp3) is 0.174. The molecule has 0 unspecified atom stereocenters.